The van der Waals surface area contributed by atoms with Crippen LogP contribution in [-0.2, 0) is 7.05 Å². The number of nitro groups is 1. The van der Waals surface area contributed by atoms with Crippen molar-refractivity contribution in [2.24, 2.45) is 12.1 Å². The summed E-state index contributed by atoms with van der Waals surface area (Å²) < 4.78 is 3.09. The first-order chi connectivity index (χ1) is 8.08. The van der Waals surface area contributed by atoms with E-state index < -0.39 is 5.03 Å². The van der Waals surface area contributed by atoms with E-state index in [0.29, 0.717) is 10.8 Å². The van der Waals surface area contributed by atoms with Crippen LogP contribution in [0.15, 0.2) is 35.8 Å². The van der Waals surface area contributed by atoms with Crippen molar-refractivity contribution >= 4 is 11.6 Å². The standard InChI is InChI=1S/C9H8ClN5O2/c1-13-4-5-14(9(13)12-15(16)17)7-2-3-8(10)11-6-7/h2-6H,1H3. The first-order valence-corrected chi connectivity index (χ1v) is 5.00. The summed E-state index contributed by atoms with van der Waals surface area (Å²) in [5, 5.41) is 13.4. The third kappa shape index (κ3) is 2.34. The Morgan fingerprint density at radius 3 is 2.82 bits per heavy atom. The van der Waals surface area contributed by atoms with Gasteiger partial charge in [0, 0.05) is 19.4 Å². The Balaban J connectivity index is 2.61. The number of aryl methyl sites for hydroxylation is 1. The van der Waals surface area contributed by atoms with E-state index in [0.717, 1.165) is 0 Å². The summed E-state index contributed by atoms with van der Waals surface area (Å²) in [5.41, 5.74) is 0.842. The van der Waals surface area contributed by atoms with Crippen molar-refractivity contribution in [1.29, 1.82) is 0 Å². The van der Waals surface area contributed by atoms with Crippen molar-refractivity contribution in [2.75, 3.05) is 0 Å². The highest BCUT2D eigenvalue weighted by molar-refractivity contribution is 6.29. The van der Waals surface area contributed by atoms with Gasteiger partial charge in [0.25, 0.3) is 5.62 Å². The van der Waals surface area contributed by atoms with Gasteiger partial charge in [-0.25, -0.2) is 15.1 Å². The number of nitrogens with zero attached hydrogens (tertiary/aromatic N) is 5. The van der Waals surface area contributed by atoms with Gasteiger partial charge in [-0.2, -0.15) is 0 Å². The zero-order chi connectivity index (χ0) is 12.4. The molecular formula is C9H8ClN5O2. The fourth-order valence-corrected chi connectivity index (χ4v) is 1.49. The highest BCUT2D eigenvalue weighted by Gasteiger charge is 2.05. The summed E-state index contributed by atoms with van der Waals surface area (Å²) in [6.45, 7) is 0. The topological polar surface area (TPSA) is 78.2 Å². The van der Waals surface area contributed by atoms with Gasteiger partial charge in [0.2, 0.25) is 0 Å². The summed E-state index contributed by atoms with van der Waals surface area (Å²) in [6, 6.07) is 3.31. The van der Waals surface area contributed by atoms with E-state index in [1.165, 1.54) is 10.8 Å². The van der Waals surface area contributed by atoms with Gasteiger partial charge in [0.05, 0.1) is 11.9 Å². The predicted molar refractivity (Wildman–Crippen MR) is 60.1 cm³/mol. The summed E-state index contributed by atoms with van der Waals surface area (Å²) in [5.74, 6) is 0. The van der Waals surface area contributed by atoms with Crippen LogP contribution in [0.3, 0.4) is 0 Å². The molecule has 0 spiro atoms. The number of hydrogen-bond donors (Lipinski definition) is 0. The molecule has 2 aromatic heterocycles. The van der Waals surface area contributed by atoms with Crippen molar-refractivity contribution < 1.29 is 5.03 Å². The molecule has 2 heterocycles. The molecule has 0 aliphatic carbocycles. The number of imidazole rings is 1. The zero-order valence-electron chi connectivity index (χ0n) is 8.82. The molecule has 17 heavy (non-hydrogen) atoms. The lowest BCUT2D eigenvalue weighted by Gasteiger charge is -2.00. The monoisotopic (exact) mass is 253 g/mol. The quantitative estimate of drug-likeness (QED) is 0.454. The molecule has 2 aromatic rings. The minimum Gasteiger partial charge on any atom is -0.315 e. The van der Waals surface area contributed by atoms with E-state index in [-0.39, 0.29) is 5.62 Å². The second-order valence-corrected chi connectivity index (χ2v) is 3.64. The molecule has 0 amide bonds. The van der Waals surface area contributed by atoms with Crippen LogP contribution in [0.2, 0.25) is 5.15 Å². The maximum Gasteiger partial charge on any atom is 0.286 e. The van der Waals surface area contributed by atoms with Crippen LogP contribution in [0.4, 0.5) is 0 Å². The largest absolute Gasteiger partial charge is 0.315 e. The van der Waals surface area contributed by atoms with Crippen LogP contribution >= 0.6 is 11.6 Å². The molecule has 8 heteroatoms. The van der Waals surface area contributed by atoms with E-state index in [4.69, 9.17) is 11.6 Å². The van der Waals surface area contributed by atoms with Gasteiger partial charge in [-0.3, -0.25) is 4.57 Å². The van der Waals surface area contributed by atoms with Gasteiger partial charge < -0.3 is 4.57 Å². The Morgan fingerprint density at radius 2 is 2.24 bits per heavy atom. The third-order valence-electron chi connectivity index (χ3n) is 2.13. The van der Waals surface area contributed by atoms with Gasteiger partial charge >= 0.3 is 0 Å². The molecule has 7 nitrogen and oxygen atoms in total. The fraction of sp³-hybridized carbons (Fsp3) is 0.111. The van der Waals surface area contributed by atoms with E-state index in [2.05, 4.69) is 10.1 Å². The predicted octanol–water partition coefficient (Wildman–Crippen LogP) is 0.957. The van der Waals surface area contributed by atoms with Gasteiger partial charge in [0.1, 0.15) is 10.3 Å². The van der Waals surface area contributed by atoms with Gasteiger partial charge in [-0.15, -0.1) is 0 Å². The van der Waals surface area contributed by atoms with Crippen LogP contribution in [0.25, 0.3) is 5.69 Å². The van der Waals surface area contributed by atoms with E-state index in [9.17, 15) is 10.1 Å². The molecule has 0 N–H and O–H groups in total. The molecule has 0 aliphatic heterocycles. The van der Waals surface area contributed by atoms with Crippen molar-refractivity contribution in [1.82, 2.24) is 14.1 Å². The van der Waals surface area contributed by atoms with Crippen molar-refractivity contribution in [3.05, 3.63) is 51.6 Å². The molecule has 0 unspecified atom stereocenters. The lowest BCUT2D eigenvalue weighted by molar-refractivity contribution is -0.491. The summed E-state index contributed by atoms with van der Waals surface area (Å²) in [4.78, 5) is 14.3. The fourth-order valence-electron chi connectivity index (χ4n) is 1.37. The Bertz CT molecular complexity index is 613. The number of hydrogen-bond acceptors (Lipinski definition) is 3. The minimum absolute atomic E-state index is 0.194. The number of rotatable bonds is 2. The highest BCUT2D eigenvalue weighted by atomic mass is 35.5. The zero-order valence-corrected chi connectivity index (χ0v) is 9.57. The second-order valence-electron chi connectivity index (χ2n) is 3.26. The summed E-state index contributed by atoms with van der Waals surface area (Å²) in [7, 11) is 1.67. The van der Waals surface area contributed by atoms with Crippen LogP contribution in [0, 0.1) is 10.1 Å². The maximum absolute atomic E-state index is 10.4. The Morgan fingerprint density at radius 1 is 1.47 bits per heavy atom. The highest BCUT2D eigenvalue weighted by Crippen LogP contribution is 2.07. The van der Waals surface area contributed by atoms with E-state index in [1.54, 1.807) is 36.1 Å². The number of halogens is 1. The van der Waals surface area contributed by atoms with E-state index >= 15 is 0 Å². The van der Waals surface area contributed by atoms with Crippen molar-refractivity contribution in [3.63, 3.8) is 0 Å². The first kappa shape index (κ1) is 11.3. The molecule has 2 rings (SSSR count). The molecule has 88 valence electrons. The maximum atomic E-state index is 10.4. The van der Waals surface area contributed by atoms with Gasteiger partial charge in [0.15, 0.2) is 5.03 Å². The van der Waals surface area contributed by atoms with Crippen LogP contribution in [0.1, 0.15) is 0 Å². The lowest BCUT2D eigenvalue weighted by Crippen LogP contribution is -2.24. The van der Waals surface area contributed by atoms with E-state index in [1.807, 2.05) is 0 Å². The Kier molecular flexibility index (Phi) is 2.92. The van der Waals surface area contributed by atoms with Crippen LogP contribution < -0.4 is 5.62 Å². The lowest BCUT2D eigenvalue weighted by atomic mass is 10.4. The average molecular weight is 254 g/mol. The van der Waals surface area contributed by atoms with Gasteiger partial charge in [-0.1, -0.05) is 11.6 Å². The van der Waals surface area contributed by atoms with Crippen LogP contribution in [-0.4, -0.2) is 19.2 Å². The minimum atomic E-state index is -0.741. The van der Waals surface area contributed by atoms with Crippen molar-refractivity contribution in [2.45, 2.75) is 0 Å². The second kappa shape index (κ2) is 4.38. The number of aromatic nitrogens is 3. The molecule has 0 aliphatic rings. The van der Waals surface area contributed by atoms with Crippen molar-refractivity contribution in [3.8, 4) is 5.69 Å². The molecule has 0 saturated carbocycles. The summed E-state index contributed by atoms with van der Waals surface area (Å²) in [6.07, 6.45) is 4.84. The number of pyridine rings is 1. The molecule has 0 bridgehead atoms. The average Bonchev–Trinajstić information content (AvgIpc) is 2.61. The normalized spacial score (nSPS) is 11.8. The van der Waals surface area contributed by atoms with Gasteiger partial charge in [-0.05, 0) is 12.1 Å². The Hall–Kier alpha value is -2.15. The molecule has 0 radical (unpaired) electrons. The van der Waals surface area contributed by atoms with Crippen LogP contribution in [0.5, 0.6) is 0 Å². The first-order valence-electron chi connectivity index (χ1n) is 4.63. The summed E-state index contributed by atoms with van der Waals surface area (Å²) >= 11 is 5.67. The molecule has 0 saturated heterocycles. The molecule has 0 aromatic carbocycles. The smallest absolute Gasteiger partial charge is 0.286 e. The SMILES string of the molecule is Cn1ccn(-c2ccc(Cl)nc2)c1=N[N+](=O)[O-]. The molecule has 0 atom stereocenters. The molecular weight excluding hydrogens is 246 g/mol. The molecule has 0 fully saturated rings. The third-order valence-corrected chi connectivity index (χ3v) is 2.35. The Labute approximate surface area is 101 Å².